The summed E-state index contributed by atoms with van der Waals surface area (Å²) in [5.41, 5.74) is 3.71. The number of piperidine rings is 1. The first kappa shape index (κ1) is 22.6. The lowest BCUT2D eigenvalue weighted by Crippen LogP contribution is -2.38. The zero-order valence-corrected chi connectivity index (χ0v) is 19.7. The van der Waals surface area contributed by atoms with Crippen molar-refractivity contribution < 1.29 is 14.2 Å². The highest BCUT2D eigenvalue weighted by Gasteiger charge is 2.23. The number of hydrogen-bond donors (Lipinski definition) is 0. The van der Waals surface area contributed by atoms with Crippen molar-refractivity contribution in [3.05, 3.63) is 65.4 Å². The minimum absolute atomic E-state index is 0.152. The summed E-state index contributed by atoms with van der Waals surface area (Å²) in [6.07, 6.45) is 5.03. The zero-order chi connectivity index (χ0) is 23.3. The van der Waals surface area contributed by atoms with Crippen molar-refractivity contribution in [2.24, 2.45) is 0 Å². The molecule has 0 saturated carbocycles. The molecule has 2 aliphatic heterocycles. The third-order valence-electron chi connectivity index (χ3n) is 6.64. The number of fused-ring (bicyclic) bond motifs is 1. The molecule has 2 aromatic carbocycles. The lowest BCUT2D eigenvalue weighted by molar-refractivity contribution is -0.105. The van der Waals surface area contributed by atoms with Gasteiger partial charge in [0.2, 0.25) is 0 Å². The van der Waals surface area contributed by atoms with Gasteiger partial charge in [-0.2, -0.15) is 5.26 Å². The summed E-state index contributed by atoms with van der Waals surface area (Å²) >= 11 is 0. The van der Waals surface area contributed by atoms with E-state index < -0.39 is 0 Å². The number of benzene rings is 2. The van der Waals surface area contributed by atoms with Crippen molar-refractivity contribution in [1.29, 1.82) is 5.26 Å². The standard InChI is InChI=1S/C28H31N3O3/c1-20-16-27(25-17-24(9-10-26(25)30-20)34-28-8-4-5-15-32-28)33-23-11-13-31(14-12-23)19-22-7-3-2-6-21(22)18-29/h2-3,6-7,9-10,16-17,23,28H,4-5,8,11-15,19H2,1H3. The summed E-state index contributed by atoms with van der Waals surface area (Å²) in [7, 11) is 0. The number of likely N-dealkylation sites (tertiary alicyclic amines) is 1. The summed E-state index contributed by atoms with van der Waals surface area (Å²) in [5, 5.41) is 10.3. The van der Waals surface area contributed by atoms with E-state index in [-0.39, 0.29) is 12.4 Å². The molecule has 3 aromatic rings. The second kappa shape index (κ2) is 10.4. The Morgan fingerprint density at radius 1 is 1.06 bits per heavy atom. The molecule has 0 amide bonds. The lowest BCUT2D eigenvalue weighted by Gasteiger charge is -2.32. The molecule has 1 aromatic heterocycles. The van der Waals surface area contributed by atoms with E-state index >= 15 is 0 Å². The molecule has 0 spiro atoms. The maximum Gasteiger partial charge on any atom is 0.199 e. The molecule has 5 rings (SSSR count). The highest BCUT2D eigenvalue weighted by atomic mass is 16.7. The van der Waals surface area contributed by atoms with Crippen LogP contribution in [0.4, 0.5) is 0 Å². The van der Waals surface area contributed by atoms with E-state index in [9.17, 15) is 5.26 Å². The van der Waals surface area contributed by atoms with Gasteiger partial charge in [0.15, 0.2) is 6.29 Å². The molecule has 0 bridgehead atoms. The third-order valence-corrected chi connectivity index (χ3v) is 6.64. The third kappa shape index (κ3) is 5.32. The average molecular weight is 458 g/mol. The van der Waals surface area contributed by atoms with E-state index in [1.807, 2.05) is 55.5 Å². The summed E-state index contributed by atoms with van der Waals surface area (Å²) in [6.45, 7) is 5.45. The molecular weight excluding hydrogens is 426 g/mol. The van der Waals surface area contributed by atoms with Crippen molar-refractivity contribution in [3.8, 4) is 17.6 Å². The Morgan fingerprint density at radius 2 is 1.91 bits per heavy atom. The van der Waals surface area contributed by atoms with Gasteiger partial charge in [-0.3, -0.25) is 9.88 Å². The fraction of sp³-hybridized carbons (Fsp3) is 0.429. The molecule has 2 fully saturated rings. The minimum Gasteiger partial charge on any atom is -0.490 e. The molecular formula is C28H31N3O3. The van der Waals surface area contributed by atoms with Crippen LogP contribution in [0.25, 0.3) is 10.9 Å². The van der Waals surface area contributed by atoms with E-state index in [4.69, 9.17) is 19.2 Å². The van der Waals surface area contributed by atoms with Crippen LogP contribution in [0.1, 0.15) is 48.9 Å². The van der Waals surface area contributed by atoms with Gasteiger partial charge in [-0.1, -0.05) is 18.2 Å². The van der Waals surface area contributed by atoms with E-state index in [0.717, 1.165) is 97.6 Å². The second-order valence-corrected chi connectivity index (χ2v) is 9.22. The lowest BCUT2D eigenvalue weighted by atomic mass is 10.0. The Kier molecular flexibility index (Phi) is 6.94. The van der Waals surface area contributed by atoms with Crippen molar-refractivity contribution in [1.82, 2.24) is 9.88 Å². The first-order valence-electron chi connectivity index (χ1n) is 12.2. The molecule has 0 radical (unpaired) electrons. The molecule has 0 N–H and O–H groups in total. The molecule has 1 atom stereocenters. The predicted octanol–water partition coefficient (Wildman–Crippen LogP) is 5.36. The first-order chi connectivity index (χ1) is 16.7. The largest absolute Gasteiger partial charge is 0.490 e. The van der Waals surface area contributed by atoms with Gasteiger partial charge in [-0.25, -0.2) is 0 Å². The number of hydrogen-bond acceptors (Lipinski definition) is 6. The number of aromatic nitrogens is 1. The molecule has 2 aliphatic rings. The Morgan fingerprint density at radius 3 is 2.71 bits per heavy atom. The zero-order valence-electron chi connectivity index (χ0n) is 19.7. The molecule has 0 aliphatic carbocycles. The molecule has 1 unspecified atom stereocenters. The van der Waals surface area contributed by atoms with Gasteiger partial charge in [0.05, 0.1) is 23.8 Å². The minimum atomic E-state index is -0.176. The maximum atomic E-state index is 9.36. The monoisotopic (exact) mass is 457 g/mol. The number of ether oxygens (including phenoxy) is 3. The fourth-order valence-electron chi connectivity index (χ4n) is 4.80. The molecule has 3 heterocycles. The van der Waals surface area contributed by atoms with Gasteiger partial charge in [0.1, 0.15) is 17.6 Å². The Labute approximate surface area is 201 Å². The highest BCUT2D eigenvalue weighted by Crippen LogP contribution is 2.32. The van der Waals surface area contributed by atoms with E-state index in [2.05, 4.69) is 11.0 Å². The van der Waals surface area contributed by atoms with Gasteiger partial charge < -0.3 is 14.2 Å². The summed E-state index contributed by atoms with van der Waals surface area (Å²) in [5.74, 6) is 1.66. The number of rotatable bonds is 6. The summed E-state index contributed by atoms with van der Waals surface area (Å²) in [4.78, 5) is 7.10. The normalized spacial score (nSPS) is 19.6. The van der Waals surface area contributed by atoms with Gasteiger partial charge in [0, 0.05) is 43.2 Å². The molecule has 176 valence electrons. The molecule has 34 heavy (non-hydrogen) atoms. The van der Waals surface area contributed by atoms with Crippen LogP contribution in [0.15, 0.2) is 48.5 Å². The van der Waals surface area contributed by atoms with Crippen LogP contribution in [-0.2, 0) is 11.3 Å². The number of nitriles is 1. The van der Waals surface area contributed by atoms with Crippen LogP contribution >= 0.6 is 0 Å². The van der Waals surface area contributed by atoms with E-state index in [1.165, 1.54) is 0 Å². The van der Waals surface area contributed by atoms with Gasteiger partial charge in [0.25, 0.3) is 0 Å². The first-order valence-corrected chi connectivity index (χ1v) is 12.2. The number of aryl methyl sites for hydroxylation is 1. The second-order valence-electron chi connectivity index (χ2n) is 9.22. The van der Waals surface area contributed by atoms with Crippen molar-refractivity contribution in [3.63, 3.8) is 0 Å². The molecule has 6 nitrogen and oxygen atoms in total. The number of pyridine rings is 1. The quantitative estimate of drug-likeness (QED) is 0.496. The van der Waals surface area contributed by atoms with E-state index in [1.54, 1.807) is 0 Å². The summed E-state index contributed by atoms with van der Waals surface area (Å²) < 4.78 is 18.4. The summed E-state index contributed by atoms with van der Waals surface area (Å²) in [6, 6.07) is 18.2. The molecule has 6 heteroatoms. The Hall–Kier alpha value is -3.14. The van der Waals surface area contributed by atoms with Gasteiger partial charge >= 0.3 is 0 Å². The maximum absolute atomic E-state index is 9.36. The van der Waals surface area contributed by atoms with Gasteiger partial charge in [-0.15, -0.1) is 0 Å². The van der Waals surface area contributed by atoms with E-state index in [0.29, 0.717) is 0 Å². The average Bonchev–Trinajstić information content (AvgIpc) is 2.86. The van der Waals surface area contributed by atoms with Crippen molar-refractivity contribution >= 4 is 10.9 Å². The topological polar surface area (TPSA) is 67.6 Å². The highest BCUT2D eigenvalue weighted by molar-refractivity contribution is 5.86. The van der Waals surface area contributed by atoms with Crippen LogP contribution in [0.3, 0.4) is 0 Å². The Bertz CT molecular complexity index is 1180. The Balaban J connectivity index is 1.26. The SMILES string of the molecule is Cc1cc(OC2CCN(Cc3ccccc3C#N)CC2)c2cc(OC3CCCCO3)ccc2n1. The predicted molar refractivity (Wildman–Crippen MR) is 131 cm³/mol. The van der Waals surface area contributed by atoms with Crippen LogP contribution in [0.5, 0.6) is 11.5 Å². The van der Waals surface area contributed by atoms with Gasteiger partial charge in [-0.05, 0) is 62.4 Å². The van der Waals surface area contributed by atoms with Crippen LogP contribution in [0, 0.1) is 18.3 Å². The van der Waals surface area contributed by atoms with Crippen LogP contribution < -0.4 is 9.47 Å². The van der Waals surface area contributed by atoms with Crippen molar-refractivity contribution in [2.75, 3.05) is 19.7 Å². The molecule has 2 saturated heterocycles. The number of nitrogens with zero attached hydrogens (tertiary/aromatic N) is 3. The smallest absolute Gasteiger partial charge is 0.199 e. The fourth-order valence-corrected chi connectivity index (χ4v) is 4.80. The van der Waals surface area contributed by atoms with Crippen LogP contribution in [-0.4, -0.2) is 42.0 Å². The van der Waals surface area contributed by atoms with Crippen molar-refractivity contribution in [2.45, 2.75) is 58.0 Å². The van der Waals surface area contributed by atoms with Crippen LogP contribution in [0.2, 0.25) is 0 Å².